The molecule has 0 aliphatic heterocycles. The molecule has 0 amide bonds. The third-order valence-corrected chi connectivity index (χ3v) is 3.79. The fourth-order valence-electron chi connectivity index (χ4n) is 2.98. The average molecular weight is 224 g/mol. The molecule has 1 atom stereocenters. The van der Waals surface area contributed by atoms with Crippen molar-refractivity contribution in [1.29, 1.82) is 0 Å². The summed E-state index contributed by atoms with van der Waals surface area (Å²) in [4.78, 5) is 12.1. The molecule has 1 heteroatoms. The Labute approximate surface area is 101 Å². The zero-order valence-corrected chi connectivity index (χ0v) is 11.3. The molecule has 0 aromatic heterocycles. The molecule has 0 aromatic rings. The second-order valence-corrected chi connectivity index (χ2v) is 5.94. The summed E-state index contributed by atoms with van der Waals surface area (Å²) in [6, 6.07) is 0. The monoisotopic (exact) mass is 224 g/mol. The van der Waals surface area contributed by atoms with Crippen LogP contribution in [-0.4, -0.2) is 5.78 Å². The van der Waals surface area contributed by atoms with Gasteiger partial charge in [-0.2, -0.15) is 0 Å². The first-order valence-corrected chi connectivity index (χ1v) is 7.16. The summed E-state index contributed by atoms with van der Waals surface area (Å²) >= 11 is 0. The minimum Gasteiger partial charge on any atom is -0.299 e. The molecule has 1 rings (SSSR count). The topological polar surface area (TPSA) is 17.1 Å². The molecule has 0 heterocycles. The number of rotatable bonds is 7. The molecule has 0 spiro atoms. The van der Waals surface area contributed by atoms with E-state index in [1.54, 1.807) is 0 Å². The quantitative estimate of drug-likeness (QED) is 0.617. The van der Waals surface area contributed by atoms with Gasteiger partial charge in [-0.15, -0.1) is 0 Å². The average Bonchev–Trinajstić information content (AvgIpc) is 2.68. The van der Waals surface area contributed by atoms with E-state index in [1.807, 2.05) is 0 Å². The Bertz CT molecular complexity index is 201. The third kappa shape index (κ3) is 4.67. The van der Waals surface area contributed by atoms with E-state index in [2.05, 4.69) is 20.8 Å². The van der Waals surface area contributed by atoms with Crippen LogP contribution in [0.4, 0.5) is 0 Å². The maximum atomic E-state index is 12.1. The van der Waals surface area contributed by atoms with Crippen LogP contribution in [0.15, 0.2) is 0 Å². The minimum atomic E-state index is 0.371. The van der Waals surface area contributed by atoms with E-state index >= 15 is 0 Å². The minimum absolute atomic E-state index is 0.371. The SMILES string of the molecule is CCCC(CC1CCCC1)C(=O)CC(C)C. The Kier molecular flexibility index (Phi) is 6.08. The first kappa shape index (κ1) is 13.7. The number of hydrogen-bond donors (Lipinski definition) is 0. The van der Waals surface area contributed by atoms with Gasteiger partial charge >= 0.3 is 0 Å². The molecular formula is C15H28O. The number of ketones is 1. The van der Waals surface area contributed by atoms with Crippen molar-refractivity contribution in [3.63, 3.8) is 0 Å². The highest BCUT2D eigenvalue weighted by Crippen LogP contribution is 2.32. The first-order chi connectivity index (χ1) is 7.63. The second kappa shape index (κ2) is 7.09. The highest BCUT2D eigenvalue weighted by atomic mass is 16.1. The van der Waals surface area contributed by atoms with Crippen molar-refractivity contribution in [2.75, 3.05) is 0 Å². The molecule has 1 aliphatic rings. The molecule has 0 bridgehead atoms. The predicted octanol–water partition coefficient (Wildman–Crippen LogP) is 4.60. The zero-order valence-electron chi connectivity index (χ0n) is 11.3. The number of carbonyl (C=O) groups is 1. The molecular weight excluding hydrogens is 196 g/mol. The van der Waals surface area contributed by atoms with Crippen LogP contribution in [0.25, 0.3) is 0 Å². The largest absolute Gasteiger partial charge is 0.299 e. The van der Waals surface area contributed by atoms with Gasteiger partial charge < -0.3 is 0 Å². The van der Waals surface area contributed by atoms with E-state index in [4.69, 9.17) is 0 Å². The normalized spacial score (nSPS) is 19.2. The van der Waals surface area contributed by atoms with Crippen molar-refractivity contribution in [3.8, 4) is 0 Å². The Morgan fingerprint density at radius 3 is 2.38 bits per heavy atom. The third-order valence-electron chi connectivity index (χ3n) is 3.79. The molecule has 1 unspecified atom stereocenters. The molecule has 0 saturated heterocycles. The lowest BCUT2D eigenvalue weighted by Gasteiger charge is -2.19. The summed E-state index contributed by atoms with van der Waals surface area (Å²) in [6.45, 7) is 6.50. The molecule has 16 heavy (non-hydrogen) atoms. The highest BCUT2D eigenvalue weighted by Gasteiger charge is 2.24. The lowest BCUT2D eigenvalue weighted by molar-refractivity contribution is -0.124. The van der Waals surface area contributed by atoms with E-state index in [9.17, 15) is 4.79 Å². The number of hydrogen-bond acceptors (Lipinski definition) is 1. The van der Waals surface area contributed by atoms with Gasteiger partial charge in [0.25, 0.3) is 0 Å². The van der Waals surface area contributed by atoms with E-state index in [0.717, 1.165) is 25.2 Å². The molecule has 1 nitrogen and oxygen atoms in total. The summed E-state index contributed by atoms with van der Waals surface area (Å²) in [5, 5.41) is 0. The maximum Gasteiger partial charge on any atom is 0.136 e. The lowest BCUT2D eigenvalue weighted by Crippen LogP contribution is -2.19. The van der Waals surface area contributed by atoms with Gasteiger partial charge in [-0.3, -0.25) is 4.79 Å². The molecule has 0 radical (unpaired) electrons. The summed E-state index contributed by atoms with van der Waals surface area (Å²) in [5.74, 6) is 2.28. The molecule has 1 fully saturated rings. The van der Waals surface area contributed by atoms with Gasteiger partial charge in [-0.1, -0.05) is 52.9 Å². The van der Waals surface area contributed by atoms with Crippen molar-refractivity contribution in [2.45, 2.75) is 72.1 Å². The maximum absolute atomic E-state index is 12.1. The molecule has 0 N–H and O–H groups in total. The van der Waals surface area contributed by atoms with Crippen molar-refractivity contribution >= 4 is 5.78 Å². The van der Waals surface area contributed by atoms with E-state index in [-0.39, 0.29) is 0 Å². The van der Waals surface area contributed by atoms with Crippen LogP contribution in [0.1, 0.15) is 72.1 Å². The standard InChI is InChI=1S/C15H28O/c1-4-7-14(15(16)10-12(2)3)11-13-8-5-6-9-13/h12-14H,4-11H2,1-3H3. The van der Waals surface area contributed by atoms with Crippen LogP contribution in [0, 0.1) is 17.8 Å². The molecule has 1 aliphatic carbocycles. The Hall–Kier alpha value is -0.330. The van der Waals surface area contributed by atoms with Gasteiger partial charge in [0, 0.05) is 12.3 Å². The van der Waals surface area contributed by atoms with Crippen molar-refractivity contribution in [1.82, 2.24) is 0 Å². The fourth-order valence-corrected chi connectivity index (χ4v) is 2.98. The number of carbonyl (C=O) groups excluding carboxylic acids is 1. The smallest absolute Gasteiger partial charge is 0.136 e. The fraction of sp³-hybridized carbons (Fsp3) is 0.933. The van der Waals surface area contributed by atoms with Crippen LogP contribution in [0.5, 0.6) is 0 Å². The van der Waals surface area contributed by atoms with Gasteiger partial charge in [-0.25, -0.2) is 0 Å². The van der Waals surface area contributed by atoms with Crippen molar-refractivity contribution < 1.29 is 4.79 Å². The van der Waals surface area contributed by atoms with Gasteiger partial charge in [0.15, 0.2) is 0 Å². The second-order valence-electron chi connectivity index (χ2n) is 5.94. The van der Waals surface area contributed by atoms with Gasteiger partial charge in [-0.05, 0) is 24.7 Å². The Morgan fingerprint density at radius 1 is 1.25 bits per heavy atom. The van der Waals surface area contributed by atoms with Crippen LogP contribution < -0.4 is 0 Å². The van der Waals surface area contributed by atoms with Crippen LogP contribution >= 0.6 is 0 Å². The highest BCUT2D eigenvalue weighted by molar-refractivity contribution is 5.81. The zero-order chi connectivity index (χ0) is 12.0. The predicted molar refractivity (Wildman–Crippen MR) is 69.4 cm³/mol. The van der Waals surface area contributed by atoms with Crippen molar-refractivity contribution in [2.24, 2.45) is 17.8 Å². The van der Waals surface area contributed by atoms with E-state index < -0.39 is 0 Å². The Balaban J connectivity index is 2.41. The summed E-state index contributed by atoms with van der Waals surface area (Å²) in [6.07, 6.45) is 9.76. The van der Waals surface area contributed by atoms with E-state index in [1.165, 1.54) is 32.1 Å². The molecule has 94 valence electrons. The summed E-state index contributed by atoms with van der Waals surface area (Å²) in [5.41, 5.74) is 0. The van der Waals surface area contributed by atoms with Gasteiger partial charge in [0.2, 0.25) is 0 Å². The Morgan fingerprint density at radius 2 is 1.88 bits per heavy atom. The van der Waals surface area contributed by atoms with Crippen molar-refractivity contribution in [3.05, 3.63) is 0 Å². The van der Waals surface area contributed by atoms with E-state index in [0.29, 0.717) is 17.6 Å². The first-order valence-electron chi connectivity index (χ1n) is 7.16. The van der Waals surface area contributed by atoms with Crippen LogP contribution in [0.2, 0.25) is 0 Å². The number of Topliss-reactive ketones (excluding diaryl/α,β-unsaturated/α-hetero) is 1. The van der Waals surface area contributed by atoms with Gasteiger partial charge in [0.1, 0.15) is 5.78 Å². The summed E-state index contributed by atoms with van der Waals surface area (Å²) < 4.78 is 0. The summed E-state index contributed by atoms with van der Waals surface area (Å²) in [7, 11) is 0. The lowest BCUT2D eigenvalue weighted by atomic mass is 9.84. The molecule has 0 aromatic carbocycles. The van der Waals surface area contributed by atoms with Gasteiger partial charge in [0.05, 0.1) is 0 Å². The van der Waals surface area contributed by atoms with Crippen LogP contribution in [0.3, 0.4) is 0 Å². The van der Waals surface area contributed by atoms with Crippen LogP contribution in [-0.2, 0) is 4.79 Å². The molecule has 1 saturated carbocycles.